The second kappa shape index (κ2) is 6.37. The van der Waals surface area contributed by atoms with Gasteiger partial charge in [0.1, 0.15) is 0 Å². The molecule has 0 saturated heterocycles. The van der Waals surface area contributed by atoms with Gasteiger partial charge in [-0.05, 0) is 52.3 Å². The number of rotatable bonds is 3. The molecule has 0 aliphatic rings. The van der Waals surface area contributed by atoms with E-state index in [-0.39, 0.29) is 5.91 Å². The van der Waals surface area contributed by atoms with Crippen LogP contribution in [0.2, 0.25) is 5.02 Å². The molecule has 0 atom stereocenters. The van der Waals surface area contributed by atoms with Crippen LogP contribution in [0.15, 0.2) is 40.9 Å². The summed E-state index contributed by atoms with van der Waals surface area (Å²) in [5.41, 5.74) is 8.54. The van der Waals surface area contributed by atoms with Crippen LogP contribution in [0.4, 0.5) is 17.1 Å². The molecule has 0 fully saturated rings. The smallest absolute Gasteiger partial charge is 0.255 e. The summed E-state index contributed by atoms with van der Waals surface area (Å²) in [5, 5.41) is 3.41. The topological polar surface area (TPSA) is 58.4 Å². The Balaban J connectivity index is 2.22. The number of nitrogens with one attached hydrogen (secondary N) is 1. The van der Waals surface area contributed by atoms with Crippen LogP contribution in [0.25, 0.3) is 0 Å². The normalized spacial score (nSPS) is 10.3. The number of hydrogen-bond acceptors (Lipinski definition) is 3. The highest BCUT2D eigenvalue weighted by atomic mass is 79.9. The standard InChI is InChI=1S/C15H15BrClN3O/c1-20(2)14-6-3-9(7-12(14)18)15(21)19-13-5-4-10(17)8-11(13)16/h3-8H,18H2,1-2H3,(H,19,21). The third-order valence-electron chi connectivity index (χ3n) is 2.95. The van der Waals surface area contributed by atoms with Crippen LogP contribution in [0, 0.1) is 0 Å². The molecule has 110 valence electrons. The van der Waals surface area contributed by atoms with Crippen LogP contribution in [-0.2, 0) is 0 Å². The van der Waals surface area contributed by atoms with E-state index in [2.05, 4.69) is 21.2 Å². The first-order valence-corrected chi connectivity index (χ1v) is 7.39. The zero-order chi connectivity index (χ0) is 15.6. The molecule has 0 bridgehead atoms. The predicted molar refractivity (Wildman–Crippen MR) is 92.3 cm³/mol. The largest absolute Gasteiger partial charge is 0.397 e. The minimum atomic E-state index is -0.227. The molecule has 0 saturated carbocycles. The lowest BCUT2D eigenvalue weighted by atomic mass is 10.1. The van der Waals surface area contributed by atoms with Gasteiger partial charge in [-0.3, -0.25) is 4.79 Å². The van der Waals surface area contributed by atoms with Gasteiger partial charge in [-0.2, -0.15) is 0 Å². The molecule has 0 unspecified atom stereocenters. The molecule has 2 aromatic carbocycles. The second-order valence-corrected chi connectivity index (χ2v) is 6.04. The second-order valence-electron chi connectivity index (χ2n) is 4.75. The fourth-order valence-electron chi connectivity index (χ4n) is 1.89. The SMILES string of the molecule is CN(C)c1ccc(C(=O)Nc2ccc(Cl)cc2Br)cc1N. The molecule has 0 spiro atoms. The molecule has 0 heterocycles. The molecular formula is C15H15BrClN3O. The fraction of sp³-hybridized carbons (Fsp3) is 0.133. The van der Waals surface area contributed by atoms with Crippen molar-refractivity contribution < 1.29 is 4.79 Å². The number of nitrogen functional groups attached to an aromatic ring is 1. The van der Waals surface area contributed by atoms with Crippen LogP contribution in [0.5, 0.6) is 0 Å². The van der Waals surface area contributed by atoms with Gasteiger partial charge in [0.15, 0.2) is 0 Å². The Labute approximate surface area is 137 Å². The minimum Gasteiger partial charge on any atom is -0.397 e. The molecule has 0 aliphatic carbocycles. The van der Waals surface area contributed by atoms with E-state index in [0.717, 1.165) is 10.2 Å². The van der Waals surface area contributed by atoms with Crippen molar-refractivity contribution in [1.29, 1.82) is 0 Å². The van der Waals surface area contributed by atoms with Crippen LogP contribution in [-0.4, -0.2) is 20.0 Å². The number of benzene rings is 2. The van der Waals surface area contributed by atoms with E-state index < -0.39 is 0 Å². The van der Waals surface area contributed by atoms with E-state index in [0.29, 0.717) is 22.0 Å². The Morgan fingerprint density at radius 3 is 2.52 bits per heavy atom. The monoisotopic (exact) mass is 367 g/mol. The van der Waals surface area contributed by atoms with Gasteiger partial charge in [0.2, 0.25) is 0 Å². The van der Waals surface area contributed by atoms with Gasteiger partial charge in [0, 0.05) is 29.2 Å². The van der Waals surface area contributed by atoms with E-state index in [1.807, 2.05) is 25.1 Å². The Morgan fingerprint density at radius 2 is 1.95 bits per heavy atom. The molecule has 0 aromatic heterocycles. The Bertz CT molecular complexity index is 689. The van der Waals surface area contributed by atoms with Crippen molar-refractivity contribution in [1.82, 2.24) is 0 Å². The van der Waals surface area contributed by atoms with Gasteiger partial charge in [0.25, 0.3) is 5.91 Å². The summed E-state index contributed by atoms with van der Waals surface area (Å²) >= 11 is 9.24. The van der Waals surface area contributed by atoms with Crippen molar-refractivity contribution in [3.63, 3.8) is 0 Å². The molecule has 2 aromatic rings. The zero-order valence-electron chi connectivity index (χ0n) is 11.7. The van der Waals surface area contributed by atoms with Gasteiger partial charge < -0.3 is 16.0 Å². The van der Waals surface area contributed by atoms with Gasteiger partial charge in [-0.15, -0.1) is 0 Å². The number of carbonyl (C=O) groups is 1. The molecule has 21 heavy (non-hydrogen) atoms. The summed E-state index contributed by atoms with van der Waals surface area (Å²) in [6.07, 6.45) is 0. The summed E-state index contributed by atoms with van der Waals surface area (Å²) in [4.78, 5) is 14.1. The van der Waals surface area contributed by atoms with Crippen molar-refractivity contribution in [2.45, 2.75) is 0 Å². The predicted octanol–water partition coefficient (Wildman–Crippen LogP) is 4.00. The first kappa shape index (κ1) is 15.7. The van der Waals surface area contributed by atoms with E-state index in [1.54, 1.807) is 30.3 Å². The molecule has 3 N–H and O–H groups in total. The van der Waals surface area contributed by atoms with Crippen LogP contribution >= 0.6 is 27.5 Å². The van der Waals surface area contributed by atoms with Crippen molar-refractivity contribution in [3.8, 4) is 0 Å². The highest BCUT2D eigenvalue weighted by molar-refractivity contribution is 9.10. The average molecular weight is 369 g/mol. The summed E-state index contributed by atoms with van der Waals surface area (Å²) in [6, 6.07) is 10.4. The van der Waals surface area contributed by atoms with Gasteiger partial charge in [-0.1, -0.05) is 11.6 Å². The summed E-state index contributed by atoms with van der Waals surface area (Å²) in [7, 11) is 3.80. The number of amides is 1. The fourth-order valence-corrected chi connectivity index (χ4v) is 2.67. The summed E-state index contributed by atoms with van der Waals surface area (Å²) in [6.45, 7) is 0. The lowest BCUT2D eigenvalue weighted by Crippen LogP contribution is -2.15. The van der Waals surface area contributed by atoms with Crippen LogP contribution < -0.4 is 16.0 Å². The Hall–Kier alpha value is -1.72. The van der Waals surface area contributed by atoms with Gasteiger partial charge in [0.05, 0.1) is 17.1 Å². The first-order valence-electron chi connectivity index (χ1n) is 6.21. The quantitative estimate of drug-likeness (QED) is 0.805. The van der Waals surface area contributed by atoms with Crippen LogP contribution in [0.1, 0.15) is 10.4 Å². The number of hydrogen-bond donors (Lipinski definition) is 2. The third-order valence-corrected chi connectivity index (χ3v) is 3.84. The van der Waals surface area contributed by atoms with Crippen molar-refractivity contribution in [2.24, 2.45) is 0 Å². The Kier molecular flexibility index (Phi) is 4.75. The average Bonchev–Trinajstić information content (AvgIpc) is 2.41. The maximum atomic E-state index is 12.3. The molecule has 0 radical (unpaired) electrons. The van der Waals surface area contributed by atoms with Crippen molar-refractivity contribution >= 4 is 50.5 Å². The van der Waals surface area contributed by atoms with E-state index in [1.165, 1.54) is 0 Å². The van der Waals surface area contributed by atoms with Crippen molar-refractivity contribution in [2.75, 3.05) is 30.0 Å². The molecule has 2 rings (SSSR count). The number of nitrogens with zero attached hydrogens (tertiary/aromatic N) is 1. The molecule has 1 amide bonds. The molecule has 6 heteroatoms. The zero-order valence-corrected chi connectivity index (χ0v) is 14.0. The number of halogens is 2. The minimum absolute atomic E-state index is 0.227. The lowest BCUT2D eigenvalue weighted by Gasteiger charge is -2.16. The third kappa shape index (κ3) is 3.68. The maximum Gasteiger partial charge on any atom is 0.255 e. The number of nitrogens with two attached hydrogens (primary N) is 1. The van der Waals surface area contributed by atoms with E-state index >= 15 is 0 Å². The number of anilines is 3. The van der Waals surface area contributed by atoms with Crippen molar-refractivity contribution in [3.05, 3.63) is 51.5 Å². The van der Waals surface area contributed by atoms with E-state index in [9.17, 15) is 4.79 Å². The molecule has 4 nitrogen and oxygen atoms in total. The molecule has 0 aliphatic heterocycles. The highest BCUT2D eigenvalue weighted by Gasteiger charge is 2.11. The number of carbonyl (C=O) groups excluding carboxylic acids is 1. The highest BCUT2D eigenvalue weighted by Crippen LogP contribution is 2.27. The lowest BCUT2D eigenvalue weighted by molar-refractivity contribution is 0.102. The first-order chi connectivity index (χ1) is 9.88. The van der Waals surface area contributed by atoms with Gasteiger partial charge >= 0.3 is 0 Å². The molecular weight excluding hydrogens is 354 g/mol. The van der Waals surface area contributed by atoms with E-state index in [4.69, 9.17) is 17.3 Å². The maximum absolute atomic E-state index is 12.3. The summed E-state index contributed by atoms with van der Waals surface area (Å²) < 4.78 is 0.723. The van der Waals surface area contributed by atoms with Gasteiger partial charge in [-0.25, -0.2) is 0 Å². The Morgan fingerprint density at radius 1 is 1.24 bits per heavy atom. The summed E-state index contributed by atoms with van der Waals surface area (Å²) in [5.74, 6) is -0.227. The van der Waals surface area contributed by atoms with Crippen LogP contribution in [0.3, 0.4) is 0 Å².